The Morgan fingerprint density at radius 2 is 1.93 bits per heavy atom. The van der Waals surface area contributed by atoms with Gasteiger partial charge in [-0.25, -0.2) is 0 Å². The molecule has 0 aliphatic carbocycles. The van der Waals surface area contributed by atoms with Gasteiger partial charge in [-0.2, -0.15) is 13.2 Å². The Kier molecular flexibility index (Phi) is 6.86. The van der Waals surface area contributed by atoms with E-state index in [1.54, 1.807) is 6.92 Å². The van der Waals surface area contributed by atoms with Gasteiger partial charge in [-0.1, -0.05) is 0 Å². The molecule has 0 amide bonds. The molecule has 0 saturated heterocycles. The number of hydrogen-bond donors (Lipinski definition) is 1. The topological polar surface area (TPSA) is 38.7 Å². The Morgan fingerprint density at radius 3 is 2.43 bits per heavy atom. The number of halogens is 3. The van der Waals surface area contributed by atoms with E-state index in [-0.39, 0.29) is 19.6 Å². The lowest BCUT2D eigenvalue weighted by Gasteiger charge is -2.11. The molecule has 1 N–H and O–H groups in total. The lowest BCUT2D eigenvalue weighted by molar-refractivity contribution is -0.175. The van der Waals surface area contributed by atoms with E-state index >= 15 is 0 Å². The lowest BCUT2D eigenvalue weighted by atomic mass is 10.3. The quantitative estimate of drug-likeness (QED) is 0.653. The number of aliphatic hydroxyl groups excluding tert-OH is 1. The van der Waals surface area contributed by atoms with E-state index in [1.807, 2.05) is 0 Å². The predicted octanol–water partition coefficient (Wildman–Crippen LogP) is 1.35. The average molecular weight is 216 g/mol. The molecule has 0 aliphatic rings. The highest BCUT2D eigenvalue weighted by atomic mass is 19.4. The molecule has 0 heterocycles. The molecule has 86 valence electrons. The van der Waals surface area contributed by atoms with Crippen LogP contribution in [0.25, 0.3) is 0 Å². The van der Waals surface area contributed by atoms with Crippen LogP contribution in [0.2, 0.25) is 0 Å². The third kappa shape index (κ3) is 9.76. The summed E-state index contributed by atoms with van der Waals surface area (Å²) in [5, 5.41) is 9.12. The zero-order chi connectivity index (χ0) is 11.0. The minimum absolute atomic E-state index is 0.117. The maximum Gasteiger partial charge on any atom is 0.411 e. The van der Waals surface area contributed by atoms with Crippen molar-refractivity contribution >= 4 is 0 Å². The van der Waals surface area contributed by atoms with Crippen LogP contribution in [0, 0.1) is 0 Å². The molecular formula is C8H15F3O3. The summed E-state index contributed by atoms with van der Waals surface area (Å²) in [4.78, 5) is 0. The minimum Gasteiger partial charge on any atom is -0.391 e. The number of alkyl halides is 3. The van der Waals surface area contributed by atoms with Gasteiger partial charge in [0.1, 0.15) is 6.61 Å². The second-order valence-corrected chi connectivity index (χ2v) is 2.77. The Balaban J connectivity index is 3.27. The van der Waals surface area contributed by atoms with Gasteiger partial charge in [0.2, 0.25) is 0 Å². The maximum absolute atomic E-state index is 11.6. The molecule has 0 aromatic heterocycles. The molecule has 0 aliphatic heterocycles. The molecule has 0 fully saturated rings. The predicted molar refractivity (Wildman–Crippen MR) is 44.0 cm³/mol. The number of ether oxygens (including phenoxy) is 2. The molecule has 0 spiro atoms. The SMILES string of the molecule is CCOCC(O)CCOCC(F)(F)F. The first-order valence-corrected chi connectivity index (χ1v) is 4.36. The van der Waals surface area contributed by atoms with Crippen molar-refractivity contribution in [3.8, 4) is 0 Å². The first-order valence-electron chi connectivity index (χ1n) is 4.36. The largest absolute Gasteiger partial charge is 0.411 e. The first-order chi connectivity index (χ1) is 6.45. The van der Waals surface area contributed by atoms with Gasteiger partial charge in [0.25, 0.3) is 0 Å². The van der Waals surface area contributed by atoms with Gasteiger partial charge < -0.3 is 14.6 Å². The molecule has 14 heavy (non-hydrogen) atoms. The van der Waals surface area contributed by atoms with Crippen LogP contribution in [-0.4, -0.2) is 43.8 Å². The third-order valence-corrected chi connectivity index (χ3v) is 1.38. The second kappa shape index (κ2) is 7.03. The minimum atomic E-state index is -4.30. The van der Waals surface area contributed by atoms with Gasteiger partial charge in [-0.3, -0.25) is 0 Å². The normalized spacial score (nSPS) is 14.4. The molecule has 0 aromatic carbocycles. The van der Waals surface area contributed by atoms with E-state index < -0.39 is 18.9 Å². The Bertz CT molecular complexity index is 138. The highest BCUT2D eigenvalue weighted by molar-refractivity contribution is 4.53. The van der Waals surface area contributed by atoms with Crippen LogP contribution in [0.4, 0.5) is 13.2 Å². The van der Waals surface area contributed by atoms with Crippen LogP contribution < -0.4 is 0 Å². The number of aliphatic hydroxyl groups is 1. The summed E-state index contributed by atoms with van der Waals surface area (Å²) in [6.07, 6.45) is -4.91. The molecule has 0 aromatic rings. The van der Waals surface area contributed by atoms with Crippen LogP contribution in [0.15, 0.2) is 0 Å². The Morgan fingerprint density at radius 1 is 1.29 bits per heavy atom. The third-order valence-electron chi connectivity index (χ3n) is 1.38. The van der Waals surface area contributed by atoms with E-state index in [0.717, 1.165) is 0 Å². The molecule has 1 unspecified atom stereocenters. The van der Waals surface area contributed by atoms with Crippen LogP contribution in [0.3, 0.4) is 0 Å². The first kappa shape index (κ1) is 13.7. The molecule has 0 rings (SSSR count). The number of hydrogen-bond acceptors (Lipinski definition) is 3. The van der Waals surface area contributed by atoms with Gasteiger partial charge in [0.05, 0.1) is 12.7 Å². The van der Waals surface area contributed by atoms with E-state index in [0.29, 0.717) is 6.61 Å². The monoisotopic (exact) mass is 216 g/mol. The molecule has 0 bridgehead atoms. The van der Waals surface area contributed by atoms with Gasteiger partial charge in [0, 0.05) is 13.2 Å². The van der Waals surface area contributed by atoms with Gasteiger partial charge in [-0.15, -0.1) is 0 Å². The standard InChI is InChI=1S/C8H15F3O3/c1-2-13-5-7(12)3-4-14-6-8(9,10)11/h7,12H,2-6H2,1H3. The summed E-state index contributed by atoms with van der Waals surface area (Å²) in [5.41, 5.74) is 0. The van der Waals surface area contributed by atoms with Crippen molar-refractivity contribution in [3.63, 3.8) is 0 Å². The van der Waals surface area contributed by atoms with Crippen molar-refractivity contribution in [1.82, 2.24) is 0 Å². The van der Waals surface area contributed by atoms with E-state index in [4.69, 9.17) is 9.84 Å². The molecular weight excluding hydrogens is 201 g/mol. The van der Waals surface area contributed by atoms with E-state index in [1.165, 1.54) is 0 Å². The Labute approximate surface area is 80.8 Å². The van der Waals surface area contributed by atoms with Crippen LogP contribution in [0.1, 0.15) is 13.3 Å². The highest BCUT2D eigenvalue weighted by Crippen LogP contribution is 2.14. The molecule has 6 heteroatoms. The van der Waals surface area contributed by atoms with Crippen molar-refractivity contribution in [2.24, 2.45) is 0 Å². The van der Waals surface area contributed by atoms with E-state index in [9.17, 15) is 13.2 Å². The van der Waals surface area contributed by atoms with Crippen molar-refractivity contribution < 1.29 is 27.8 Å². The summed E-state index contributed by atoms with van der Waals surface area (Å²) in [5.74, 6) is 0. The highest BCUT2D eigenvalue weighted by Gasteiger charge is 2.27. The van der Waals surface area contributed by atoms with Crippen molar-refractivity contribution in [1.29, 1.82) is 0 Å². The maximum atomic E-state index is 11.6. The van der Waals surface area contributed by atoms with Crippen molar-refractivity contribution in [3.05, 3.63) is 0 Å². The zero-order valence-corrected chi connectivity index (χ0v) is 8.01. The Hall–Kier alpha value is -0.330. The second-order valence-electron chi connectivity index (χ2n) is 2.77. The lowest BCUT2D eigenvalue weighted by Crippen LogP contribution is -2.21. The fourth-order valence-electron chi connectivity index (χ4n) is 0.744. The summed E-state index contributed by atoms with van der Waals surface area (Å²) in [7, 11) is 0. The van der Waals surface area contributed by atoms with Crippen molar-refractivity contribution in [2.45, 2.75) is 25.6 Å². The van der Waals surface area contributed by atoms with Crippen LogP contribution >= 0.6 is 0 Å². The summed E-state index contributed by atoms with van der Waals surface area (Å²) >= 11 is 0. The summed E-state index contributed by atoms with van der Waals surface area (Å²) in [6.45, 7) is 0.987. The molecule has 0 saturated carbocycles. The summed E-state index contributed by atoms with van der Waals surface area (Å²) in [6, 6.07) is 0. The average Bonchev–Trinajstić information content (AvgIpc) is 2.07. The molecule has 3 nitrogen and oxygen atoms in total. The van der Waals surface area contributed by atoms with Gasteiger partial charge in [0.15, 0.2) is 0 Å². The van der Waals surface area contributed by atoms with Crippen LogP contribution in [0.5, 0.6) is 0 Å². The van der Waals surface area contributed by atoms with Crippen LogP contribution in [-0.2, 0) is 9.47 Å². The summed E-state index contributed by atoms with van der Waals surface area (Å²) < 4.78 is 43.9. The fraction of sp³-hybridized carbons (Fsp3) is 1.00. The van der Waals surface area contributed by atoms with Gasteiger partial charge in [-0.05, 0) is 13.3 Å². The van der Waals surface area contributed by atoms with E-state index in [2.05, 4.69) is 4.74 Å². The zero-order valence-electron chi connectivity index (χ0n) is 8.01. The molecule has 1 atom stereocenters. The fourth-order valence-corrected chi connectivity index (χ4v) is 0.744. The van der Waals surface area contributed by atoms with Crippen molar-refractivity contribution in [2.75, 3.05) is 26.4 Å². The number of rotatable bonds is 7. The molecule has 0 radical (unpaired) electrons. The van der Waals surface area contributed by atoms with Gasteiger partial charge >= 0.3 is 6.18 Å². The smallest absolute Gasteiger partial charge is 0.391 e.